The van der Waals surface area contributed by atoms with Crippen LogP contribution in [0.25, 0.3) is 0 Å². The summed E-state index contributed by atoms with van der Waals surface area (Å²) in [6.07, 6.45) is 1.05. The average molecular weight is 236 g/mol. The van der Waals surface area contributed by atoms with Crippen LogP contribution < -0.4 is 10.2 Å². The van der Waals surface area contributed by atoms with Gasteiger partial charge in [0.05, 0.1) is 6.61 Å². The van der Waals surface area contributed by atoms with Gasteiger partial charge in [-0.3, -0.25) is 0 Å². The van der Waals surface area contributed by atoms with Crippen LogP contribution in [0.3, 0.4) is 0 Å². The molecule has 1 rings (SSSR count). The fourth-order valence-corrected chi connectivity index (χ4v) is 1.76. The number of benzene rings is 1. The van der Waals surface area contributed by atoms with Gasteiger partial charge in [0.25, 0.3) is 0 Å². The third-order valence-electron chi connectivity index (χ3n) is 2.79. The summed E-state index contributed by atoms with van der Waals surface area (Å²) in [5, 5.41) is 3.43. The normalized spacial score (nSPS) is 12.5. The van der Waals surface area contributed by atoms with E-state index in [1.54, 1.807) is 7.11 Å². The van der Waals surface area contributed by atoms with Gasteiger partial charge in [0, 0.05) is 39.5 Å². The van der Waals surface area contributed by atoms with Crippen molar-refractivity contribution in [2.45, 2.75) is 19.4 Å². The molecular weight excluding hydrogens is 212 g/mol. The van der Waals surface area contributed by atoms with Crippen LogP contribution in [0.4, 0.5) is 5.69 Å². The molecule has 1 N–H and O–H groups in total. The summed E-state index contributed by atoms with van der Waals surface area (Å²) in [5.74, 6) is 0. The Bertz CT molecular complexity index is 309. The van der Waals surface area contributed by atoms with Crippen molar-refractivity contribution in [2.24, 2.45) is 0 Å². The van der Waals surface area contributed by atoms with Gasteiger partial charge >= 0.3 is 0 Å². The second kappa shape index (κ2) is 7.30. The Labute approximate surface area is 105 Å². The lowest BCUT2D eigenvalue weighted by Gasteiger charge is -2.15. The number of nitrogens with zero attached hydrogens (tertiary/aromatic N) is 1. The van der Waals surface area contributed by atoms with E-state index in [1.165, 1.54) is 11.3 Å². The first-order valence-corrected chi connectivity index (χ1v) is 6.12. The second-order valence-electron chi connectivity index (χ2n) is 4.61. The molecule has 3 nitrogen and oxygen atoms in total. The molecule has 1 aromatic carbocycles. The molecule has 0 aliphatic carbocycles. The fourth-order valence-electron chi connectivity index (χ4n) is 1.76. The lowest BCUT2D eigenvalue weighted by Crippen LogP contribution is -2.30. The zero-order chi connectivity index (χ0) is 12.7. The van der Waals surface area contributed by atoms with Gasteiger partial charge in [-0.2, -0.15) is 0 Å². The van der Waals surface area contributed by atoms with Crippen molar-refractivity contribution in [1.29, 1.82) is 0 Å². The Balaban J connectivity index is 2.40. The minimum Gasteiger partial charge on any atom is -0.383 e. The molecule has 17 heavy (non-hydrogen) atoms. The Kier molecular flexibility index (Phi) is 6.01. The molecule has 96 valence electrons. The van der Waals surface area contributed by atoms with Gasteiger partial charge in [0.1, 0.15) is 0 Å². The third-order valence-corrected chi connectivity index (χ3v) is 2.79. The van der Waals surface area contributed by atoms with E-state index in [4.69, 9.17) is 4.74 Å². The number of hydrogen-bond donors (Lipinski definition) is 1. The van der Waals surface area contributed by atoms with Crippen molar-refractivity contribution in [1.82, 2.24) is 5.32 Å². The minimum absolute atomic E-state index is 0.482. The molecule has 0 bridgehead atoms. The number of methoxy groups -OCH3 is 1. The van der Waals surface area contributed by atoms with Crippen LogP contribution >= 0.6 is 0 Å². The highest BCUT2D eigenvalue weighted by molar-refractivity contribution is 5.46. The molecule has 0 fully saturated rings. The van der Waals surface area contributed by atoms with E-state index in [-0.39, 0.29) is 0 Å². The van der Waals surface area contributed by atoms with Gasteiger partial charge in [0.2, 0.25) is 0 Å². The summed E-state index contributed by atoms with van der Waals surface area (Å²) >= 11 is 0. The van der Waals surface area contributed by atoms with Crippen LogP contribution in [-0.2, 0) is 11.2 Å². The van der Waals surface area contributed by atoms with E-state index < -0.39 is 0 Å². The zero-order valence-corrected chi connectivity index (χ0v) is 11.4. The molecule has 0 radical (unpaired) electrons. The van der Waals surface area contributed by atoms with Crippen molar-refractivity contribution in [3.8, 4) is 0 Å². The first-order chi connectivity index (χ1) is 8.13. The molecule has 0 aliphatic rings. The number of rotatable bonds is 7. The number of nitrogens with one attached hydrogen (secondary N) is 1. The summed E-state index contributed by atoms with van der Waals surface area (Å²) in [6, 6.07) is 9.21. The van der Waals surface area contributed by atoms with Crippen LogP contribution in [0, 0.1) is 0 Å². The maximum Gasteiger partial charge on any atom is 0.0587 e. The zero-order valence-electron chi connectivity index (χ0n) is 11.4. The number of hydrogen-bond acceptors (Lipinski definition) is 3. The molecule has 1 atom stereocenters. The van der Waals surface area contributed by atoms with E-state index in [2.05, 4.69) is 55.5 Å². The predicted molar refractivity (Wildman–Crippen MR) is 73.8 cm³/mol. The van der Waals surface area contributed by atoms with E-state index in [9.17, 15) is 0 Å². The van der Waals surface area contributed by atoms with E-state index in [0.29, 0.717) is 6.04 Å². The van der Waals surface area contributed by atoms with Crippen molar-refractivity contribution in [2.75, 3.05) is 39.3 Å². The monoisotopic (exact) mass is 236 g/mol. The van der Waals surface area contributed by atoms with Crippen LogP contribution in [0.2, 0.25) is 0 Å². The molecular formula is C14H24N2O. The average Bonchev–Trinajstić information content (AvgIpc) is 2.30. The van der Waals surface area contributed by atoms with Gasteiger partial charge in [0.15, 0.2) is 0 Å². The van der Waals surface area contributed by atoms with Gasteiger partial charge in [-0.05, 0) is 31.0 Å². The molecule has 0 saturated heterocycles. The molecule has 1 aromatic rings. The van der Waals surface area contributed by atoms with E-state index in [0.717, 1.165) is 19.6 Å². The topological polar surface area (TPSA) is 24.5 Å². The predicted octanol–water partition coefficient (Wildman–Crippen LogP) is 1.92. The smallest absolute Gasteiger partial charge is 0.0587 e. The molecule has 0 aromatic heterocycles. The Morgan fingerprint density at radius 1 is 1.24 bits per heavy atom. The third kappa shape index (κ3) is 5.20. The summed E-state index contributed by atoms with van der Waals surface area (Å²) in [7, 11) is 5.85. The molecule has 0 aliphatic heterocycles. The molecule has 0 spiro atoms. The molecule has 1 unspecified atom stereocenters. The second-order valence-corrected chi connectivity index (χ2v) is 4.61. The molecule has 0 amide bonds. The lowest BCUT2D eigenvalue weighted by molar-refractivity contribution is 0.196. The lowest BCUT2D eigenvalue weighted by atomic mass is 10.1. The Morgan fingerprint density at radius 3 is 2.41 bits per heavy atom. The fraction of sp³-hybridized carbons (Fsp3) is 0.571. The quantitative estimate of drug-likeness (QED) is 0.732. The SMILES string of the molecule is COCCNC(C)Cc1ccc(N(C)C)cc1. The van der Waals surface area contributed by atoms with Crippen molar-refractivity contribution in [3.05, 3.63) is 29.8 Å². The Morgan fingerprint density at radius 2 is 1.88 bits per heavy atom. The summed E-state index contributed by atoms with van der Waals surface area (Å²) < 4.78 is 5.02. The maximum atomic E-state index is 5.02. The maximum absolute atomic E-state index is 5.02. The van der Waals surface area contributed by atoms with Gasteiger partial charge in [-0.1, -0.05) is 12.1 Å². The van der Waals surface area contributed by atoms with E-state index >= 15 is 0 Å². The Hall–Kier alpha value is -1.06. The van der Waals surface area contributed by atoms with Crippen LogP contribution in [0.1, 0.15) is 12.5 Å². The van der Waals surface area contributed by atoms with Crippen LogP contribution in [-0.4, -0.2) is 40.4 Å². The summed E-state index contributed by atoms with van der Waals surface area (Å²) in [4.78, 5) is 2.12. The number of ether oxygens (including phenoxy) is 1. The standard InChI is InChI=1S/C14H24N2O/c1-12(15-9-10-17-4)11-13-5-7-14(8-6-13)16(2)3/h5-8,12,15H,9-11H2,1-4H3. The molecule has 0 heterocycles. The van der Waals surface area contributed by atoms with Gasteiger partial charge in [-0.15, -0.1) is 0 Å². The largest absolute Gasteiger partial charge is 0.383 e. The highest BCUT2D eigenvalue weighted by Crippen LogP contribution is 2.13. The summed E-state index contributed by atoms with van der Waals surface area (Å²) in [6.45, 7) is 3.88. The van der Waals surface area contributed by atoms with Crippen molar-refractivity contribution >= 4 is 5.69 Å². The first kappa shape index (κ1) is 14.0. The van der Waals surface area contributed by atoms with E-state index in [1.807, 2.05) is 0 Å². The number of anilines is 1. The van der Waals surface area contributed by atoms with Crippen LogP contribution in [0.5, 0.6) is 0 Å². The highest BCUT2D eigenvalue weighted by Gasteiger charge is 2.03. The summed E-state index contributed by atoms with van der Waals surface area (Å²) in [5.41, 5.74) is 2.61. The van der Waals surface area contributed by atoms with Crippen LogP contribution in [0.15, 0.2) is 24.3 Å². The van der Waals surface area contributed by atoms with Gasteiger partial charge < -0.3 is 15.0 Å². The molecule has 3 heteroatoms. The molecule has 0 saturated carbocycles. The van der Waals surface area contributed by atoms with Crippen molar-refractivity contribution < 1.29 is 4.74 Å². The minimum atomic E-state index is 0.482. The van der Waals surface area contributed by atoms with Crippen molar-refractivity contribution in [3.63, 3.8) is 0 Å². The first-order valence-electron chi connectivity index (χ1n) is 6.12. The van der Waals surface area contributed by atoms with Gasteiger partial charge in [-0.25, -0.2) is 0 Å². The highest BCUT2D eigenvalue weighted by atomic mass is 16.5.